The number of ether oxygens (including phenoxy) is 1. The first-order chi connectivity index (χ1) is 8.20. The van der Waals surface area contributed by atoms with Gasteiger partial charge in [0.2, 0.25) is 0 Å². The normalized spacial score (nSPS) is 19.7. The van der Waals surface area contributed by atoms with Gasteiger partial charge in [-0.1, -0.05) is 30.7 Å². The molecule has 0 saturated heterocycles. The summed E-state index contributed by atoms with van der Waals surface area (Å²) < 4.78 is 5.25. The van der Waals surface area contributed by atoms with Gasteiger partial charge in [-0.3, -0.25) is 0 Å². The fraction of sp³-hybridized carbons (Fsp3) is 0.600. The van der Waals surface area contributed by atoms with Crippen LogP contribution >= 0.6 is 0 Å². The van der Waals surface area contributed by atoms with Crippen molar-refractivity contribution in [1.29, 1.82) is 0 Å². The number of hydrogen-bond donors (Lipinski definition) is 1. The Morgan fingerprint density at radius 3 is 2.41 bits per heavy atom. The zero-order chi connectivity index (χ0) is 12.3. The molecule has 94 valence electrons. The fourth-order valence-corrected chi connectivity index (χ4v) is 2.35. The summed E-state index contributed by atoms with van der Waals surface area (Å²) in [5.74, 6) is 0.804. The molecular formula is C15H23NO. The zero-order valence-electron chi connectivity index (χ0n) is 10.9. The third kappa shape index (κ3) is 3.08. The van der Waals surface area contributed by atoms with Gasteiger partial charge in [-0.15, -0.1) is 0 Å². The summed E-state index contributed by atoms with van der Waals surface area (Å²) >= 11 is 0. The molecule has 0 heterocycles. The molecule has 1 saturated carbocycles. The van der Waals surface area contributed by atoms with E-state index in [1.807, 2.05) is 0 Å². The van der Waals surface area contributed by atoms with E-state index in [1.165, 1.54) is 30.4 Å². The van der Waals surface area contributed by atoms with Crippen LogP contribution in [-0.2, 0) is 4.74 Å². The summed E-state index contributed by atoms with van der Waals surface area (Å²) in [7, 11) is 1.73. The molecule has 2 unspecified atom stereocenters. The molecule has 1 aliphatic rings. The van der Waals surface area contributed by atoms with Gasteiger partial charge < -0.3 is 10.5 Å². The second-order valence-electron chi connectivity index (χ2n) is 5.18. The van der Waals surface area contributed by atoms with Crippen LogP contribution < -0.4 is 5.73 Å². The highest BCUT2D eigenvalue weighted by Crippen LogP contribution is 2.36. The van der Waals surface area contributed by atoms with E-state index >= 15 is 0 Å². The highest BCUT2D eigenvalue weighted by atomic mass is 16.5. The highest BCUT2D eigenvalue weighted by molar-refractivity contribution is 5.28. The largest absolute Gasteiger partial charge is 0.382 e. The Labute approximate surface area is 104 Å². The van der Waals surface area contributed by atoms with Crippen LogP contribution in [0.1, 0.15) is 55.7 Å². The molecule has 0 radical (unpaired) electrons. The lowest BCUT2D eigenvalue weighted by Gasteiger charge is -2.26. The van der Waals surface area contributed by atoms with Crippen molar-refractivity contribution >= 4 is 0 Å². The van der Waals surface area contributed by atoms with Gasteiger partial charge in [0.05, 0.1) is 6.10 Å². The SMILES string of the molecule is COC(C)CC(N)c1ccc(C2CCC2)cc1. The van der Waals surface area contributed by atoms with Gasteiger partial charge in [0.1, 0.15) is 0 Å². The van der Waals surface area contributed by atoms with Gasteiger partial charge in [-0.25, -0.2) is 0 Å². The first-order valence-corrected chi connectivity index (χ1v) is 6.59. The molecule has 0 aliphatic heterocycles. The summed E-state index contributed by atoms with van der Waals surface area (Å²) in [6, 6.07) is 8.94. The van der Waals surface area contributed by atoms with Crippen LogP contribution in [0.3, 0.4) is 0 Å². The molecule has 0 amide bonds. The Hall–Kier alpha value is -0.860. The Morgan fingerprint density at radius 2 is 1.94 bits per heavy atom. The average Bonchev–Trinajstić information content (AvgIpc) is 2.27. The predicted octanol–water partition coefficient (Wildman–Crippen LogP) is 3.38. The molecule has 2 heteroatoms. The van der Waals surface area contributed by atoms with Gasteiger partial charge in [-0.2, -0.15) is 0 Å². The van der Waals surface area contributed by atoms with E-state index in [0.29, 0.717) is 0 Å². The number of nitrogens with two attached hydrogens (primary N) is 1. The van der Waals surface area contributed by atoms with E-state index in [-0.39, 0.29) is 12.1 Å². The van der Waals surface area contributed by atoms with Crippen molar-refractivity contribution in [3.8, 4) is 0 Å². The topological polar surface area (TPSA) is 35.2 Å². The smallest absolute Gasteiger partial charge is 0.0561 e. The fourth-order valence-electron chi connectivity index (χ4n) is 2.35. The second kappa shape index (κ2) is 5.65. The summed E-state index contributed by atoms with van der Waals surface area (Å²) in [6.45, 7) is 2.06. The first-order valence-electron chi connectivity index (χ1n) is 6.59. The molecule has 1 fully saturated rings. The van der Waals surface area contributed by atoms with Crippen molar-refractivity contribution in [3.05, 3.63) is 35.4 Å². The van der Waals surface area contributed by atoms with Crippen LogP contribution in [0.25, 0.3) is 0 Å². The Bertz CT molecular complexity index is 342. The van der Waals surface area contributed by atoms with Crippen molar-refractivity contribution in [3.63, 3.8) is 0 Å². The summed E-state index contributed by atoms with van der Waals surface area (Å²) in [4.78, 5) is 0. The Balaban J connectivity index is 1.96. The van der Waals surface area contributed by atoms with E-state index in [1.54, 1.807) is 7.11 Å². The maximum Gasteiger partial charge on any atom is 0.0561 e. The number of benzene rings is 1. The lowest BCUT2D eigenvalue weighted by Crippen LogP contribution is -2.18. The standard InChI is InChI=1S/C15H23NO/c1-11(17-2)10-15(16)14-8-6-13(7-9-14)12-4-3-5-12/h6-9,11-12,15H,3-5,10,16H2,1-2H3. The molecule has 1 aromatic rings. The van der Waals surface area contributed by atoms with Crippen molar-refractivity contribution < 1.29 is 4.74 Å². The molecule has 0 aromatic heterocycles. The molecular weight excluding hydrogens is 210 g/mol. The molecule has 0 spiro atoms. The van der Waals surface area contributed by atoms with Crippen LogP contribution in [-0.4, -0.2) is 13.2 Å². The van der Waals surface area contributed by atoms with Gasteiger partial charge in [-0.05, 0) is 43.2 Å². The van der Waals surface area contributed by atoms with Crippen LogP contribution in [0, 0.1) is 0 Å². The van der Waals surface area contributed by atoms with Gasteiger partial charge in [0, 0.05) is 13.2 Å². The molecule has 1 aromatic carbocycles. The van der Waals surface area contributed by atoms with E-state index in [9.17, 15) is 0 Å². The molecule has 2 rings (SSSR count). The summed E-state index contributed by atoms with van der Waals surface area (Å²) in [5.41, 5.74) is 8.86. The molecule has 2 atom stereocenters. The second-order valence-corrected chi connectivity index (χ2v) is 5.18. The van der Waals surface area contributed by atoms with Crippen LogP contribution in [0.15, 0.2) is 24.3 Å². The molecule has 2 nitrogen and oxygen atoms in total. The highest BCUT2D eigenvalue weighted by Gasteiger charge is 2.19. The Morgan fingerprint density at radius 1 is 1.29 bits per heavy atom. The van der Waals surface area contributed by atoms with Gasteiger partial charge in [0.15, 0.2) is 0 Å². The molecule has 2 N–H and O–H groups in total. The van der Waals surface area contributed by atoms with Crippen molar-refractivity contribution in [2.75, 3.05) is 7.11 Å². The van der Waals surface area contributed by atoms with Crippen molar-refractivity contribution in [1.82, 2.24) is 0 Å². The predicted molar refractivity (Wildman–Crippen MR) is 71.1 cm³/mol. The van der Waals surface area contributed by atoms with Crippen LogP contribution in [0.5, 0.6) is 0 Å². The summed E-state index contributed by atoms with van der Waals surface area (Å²) in [6.07, 6.45) is 5.19. The lowest BCUT2D eigenvalue weighted by molar-refractivity contribution is 0.104. The lowest BCUT2D eigenvalue weighted by atomic mass is 9.80. The Kier molecular flexibility index (Phi) is 4.19. The first kappa shape index (κ1) is 12.6. The van der Waals surface area contributed by atoms with E-state index in [0.717, 1.165) is 12.3 Å². The van der Waals surface area contributed by atoms with Crippen molar-refractivity contribution in [2.24, 2.45) is 5.73 Å². The van der Waals surface area contributed by atoms with Crippen LogP contribution in [0.2, 0.25) is 0 Å². The van der Waals surface area contributed by atoms with E-state index < -0.39 is 0 Å². The number of methoxy groups -OCH3 is 1. The minimum Gasteiger partial charge on any atom is -0.382 e. The van der Waals surface area contributed by atoms with Crippen LogP contribution in [0.4, 0.5) is 0 Å². The maximum absolute atomic E-state index is 6.16. The zero-order valence-corrected chi connectivity index (χ0v) is 10.9. The maximum atomic E-state index is 6.16. The quantitative estimate of drug-likeness (QED) is 0.846. The number of rotatable bonds is 5. The van der Waals surface area contributed by atoms with Gasteiger partial charge in [0.25, 0.3) is 0 Å². The summed E-state index contributed by atoms with van der Waals surface area (Å²) in [5, 5.41) is 0. The molecule has 0 bridgehead atoms. The van der Waals surface area contributed by atoms with Crippen molar-refractivity contribution in [2.45, 2.75) is 50.7 Å². The minimum atomic E-state index is 0.0837. The average molecular weight is 233 g/mol. The molecule has 17 heavy (non-hydrogen) atoms. The third-order valence-electron chi connectivity index (χ3n) is 3.93. The monoisotopic (exact) mass is 233 g/mol. The third-order valence-corrected chi connectivity index (χ3v) is 3.93. The molecule has 1 aliphatic carbocycles. The number of hydrogen-bond acceptors (Lipinski definition) is 2. The minimum absolute atomic E-state index is 0.0837. The van der Waals surface area contributed by atoms with E-state index in [4.69, 9.17) is 10.5 Å². The van der Waals surface area contributed by atoms with E-state index in [2.05, 4.69) is 31.2 Å². The van der Waals surface area contributed by atoms with Gasteiger partial charge >= 0.3 is 0 Å².